The van der Waals surface area contributed by atoms with E-state index in [9.17, 15) is 5.11 Å². The van der Waals surface area contributed by atoms with Crippen molar-refractivity contribution in [2.45, 2.75) is 38.5 Å². The van der Waals surface area contributed by atoms with Crippen LogP contribution in [0.3, 0.4) is 0 Å². The summed E-state index contributed by atoms with van der Waals surface area (Å²) in [6.45, 7) is 5.22. The molecule has 17 heavy (non-hydrogen) atoms. The second kappa shape index (κ2) is 5.17. The van der Waals surface area contributed by atoms with E-state index in [-0.39, 0.29) is 0 Å². The quantitative estimate of drug-likeness (QED) is 0.833. The van der Waals surface area contributed by atoms with Gasteiger partial charge in [0.1, 0.15) is 0 Å². The minimum Gasteiger partial charge on any atom is -0.389 e. The smallest absolute Gasteiger partial charge is 0.0746 e. The van der Waals surface area contributed by atoms with Gasteiger partial charge in [-0.3, -0.25) is 4.90 Å². The van der Waals surface area contributed by atoms with Crippen LogP contribution in [0.1, 0.15) is 30.9 Å². The topological polar surface area (TPSA) is 49.5 Å². The van der Waals surface area contributed by atoms with Crippen LogP contribution in [0, 0.1) is 0 Å². The zero-order valence-corrected chi connectivity index (χ0v) is 10.5. The average molecular weight is 234 g/mol. The molecule has 0 aliphatic carbocycles. The minimum absolute atomic E-state index is 0.532. The standard InChI is InChI=1S/C14H22N2O/c1-14(17)7-4-8-16(11-14)10-13-6-3-2-5-12(13)9-15/h2-3,5-6,17H,4,7-11,15H2,1H3. The van der Waals surface area contributed by atoms with Crippen LogP contribution >= 0.6 is 0 Å². The molecule has 94 valence electrons. The number of rotatable bonds is 3. The van der Waals surface area contributed by atoms with E-state index in [1.54, 1.807) is 0 Å². The van der Waals surface area contributed by atoms with Crippen LogP contribution in [0.2, 0.25) is 0 Å². The number of piperidine rings is 1. The molecule has 2 rings (SSSR count). The van der Waals surface area contributed by atoms with Crippen molar-refractivity contribution in [2.75, 3.05) is 13.1 Å². The first-order chi connectivity index (χ1) is 8.11. The van der Waals surface area contributed by atoms with E-state index >= 15 is 0 Å². The molecule has 0 saturated carbocycles. The Labute approximate surface area is 103 Å². The van der Waals surface area contributed by atoms with Crippen molar-refractivity contribution in [2.24, 2.45) is 5.73 Å². The summed E-state index contributed by atoms with van der Waals surface area (Å²) >= 11 is 0. The maximum absolute atomic E-state index is 10.1. The number of β-amino-alcohol motifs (C(OH)–C–C–N with tert-alkyl or cyclic N) is 1. The Morgan fingerprint density at radius 3 is 2.71 bits per heavy atom. The highest BCUT2D eigenvalue weighted by Gasteiger charge is 2.28. The summed E-state index contributed by atoms with van der Waals surface area (Å²) in [6.07, 6.45) is 1.97. The zero-order chi connectivity index (χ0) is 12.3. The van der Waals surface area contributed by atoms with Gasteiger partial charge in [-0.25, -0.2) is 0 Å². The predicted molar refractivity (Wildman–Crippen MR) is 69.5 cm³/mol. The summed E-state index contributed by atoms with van der Waals surface area (Å²) in [7, 11) is 0. The molecule has 0 aromatic heterocycles. The van der Waals surface area contributed by atoms with Gasteiger partial charge in [0.25, 0.3) is 0 Å². The lowest BCUT2D eigenvalue weighted by atomic mass is 9.94. The molecule has 3 N–H and O–H groups in total. The van der Waals surface area contributed by atoms with E-state index in [0.29, 0.717) is 6.54 Å². The molecule has 0 spiro atoms. The van der Waals surface area contributed by atoms with Gasteiger partial charge in [0, 0.05) is 19.6 Å². The van der Waals surface area contributed by atoms with Crippen LogP contribution in [0.25, 0.3) is 0 Å². The van der Waals surface area contributed by atoms with Gasteiger partial charge in [-0.1, -0.05) is 24.3 Å². The third-order valence-corrected chi connectivity index (χ3v) is 3.49. The molecule has 1 aliphatic heterocycles. The summed E-state index contributed by atoms with van der Waals surface area (Å²) < 4.78 is 0. The van der Waals surface area contributed by atoms with Crippen LogP contribution in [0.5, 0.6) is 0 Å². The SMILES string of the molecule is CC1(O)CCCN(Cc2ccccc2CN)C1. The van der Waals surface area contributed by atoms with E-state index in [1.807, 2.05) is 13.0 Å². The Morgan fingerprint density at radius 1 is 1.35 bits per heavy atom. The van der Waals surface area contributed by atoms with Gasteiger partial charge in [-0.2, -0.15) is 0 Å². The summed E-state index contributed by atoms with van der Waals surface area (Å²) in [5, 5.41) is 10.1. The van der Waals surface area contributed by atoms with Crippen molar-refractivity contribution in [3.05, 3.63) is 35.4 Å². The van der Waals surface area contributed by atoms with E-state index in [1.165, 1.54) is 11.1 Å². The van der Waals surface area contributed by atoms with Crippen LogP contribution < -0.4 is 5.73 Å². The minimum atomic E-state index is -0.532. The van der Waals surface area contributed by atoms with Crippen molar-refractivity contribution in [1.82, 2.24) is 4.90 Å². The summed E-state index contributed by atoms with van der Waals surface area (Å²) in [5.74, 6) is 0. The van der Waals surface area contributed by atoms with Gasteiger partial charge in [-0.15, -0.1) is 0 Å². The summed E-state index contributed by atoms with van der Waals surface area (Å²) in [5.41, 5.74) is 7.70. The molecule has 0 amide bonds. The summed E-state index contributed by atoms with van der Waals surface area (Å²) in [4.78, 5) is 2.32. The average Bonchev–Trinajstić information content (AvgIpc) is 2.28. The van der Waals surface area contributed by atoms with Gasteiger partial charge < -0.3 is 10.8 Å². The Morgan fingerprint density at radius 2 is 2.06 bits per heavy atom. The lowest BCUT2D eigenvalue weighted by Gasteiger charge is -2.37. The van der Waals surface area contributed by atoms with Crippen LogP contribution in [-0.4, -0.2) is 28.7 Å². The Bertz CT molecular complexity index is 376. The summed E-state index contributed by atoms with van der Waals surface area (Å²) in [6, 6.07) is 8.29. The number of nitrogens with zero attached hydrogens (tertiary/aromatic N) is 1. The van der Waals surface area contributed by atoms with Crippen molar-refractivity contribution < 1.29 is 5.11 Å². The predicted octanol–water partition coefficient (Wildman–Crippen LogP) is 1.49. The van der Waals surface area contributed by atoms with Crippen molar-refractivity contribution in [3.8, 4) is 0 Å². The van der Waals surface area contributed by atoms with Gasteiger partial charge >= 0.3 is 0 Å². The fourth-order valence-electron chi connectivity index (χ4n) is 2.61. The fourth-order valence-corrected chi connectivity index (χ4v) is 2.61. The number of hydrogen-bond acceptors (Lipinski definition) is 3. The van der Waals surface area contributed by atoms with Crippen LogP contribution in [-0.2, 0) is 13.1 Å². The molecule has 1 saturated heterocycles. The number of aliphatic hydroxyl groups is 1. The second-order valence-corrected chi connectivity index (χ2v) is 5.28. The van der Waals surface area contributed by atoms with Crippen LogP contribution in [0.15, 0.2) is 24.3 Å². The molecule has 1 aromatic carbocycles. The van der Waals surface area contributed by atoms with Crippen molar-refractivity contribution in [1.29, 1.82) is 0 Å². The second-order valence-electron chi connectivity index (χ2n) is 5.28. The third-order valence-electron chi connectivity index (χ3n) is 3.49. The molecular weight excluding hydrogens is 212 g/mol. The molecule has 1 atom stereocenters. The number of nitrogens with two attached hydrogens (primary N) is 1. The monoisotopic (exact) mass is 234 g/mol. The highest BCUT2D eigenvalue weighted by Crippen LogP contribution is 2.22. The van der Waals surface area contributed by atoms with Crippen LogP contribution in [0.4, 0.5) is 0 Å². The molecular formula is C14H22N2O. The maximum Gasteiger partial charge on any atom is 0.0746 e. The normalized spacial score (nSPS) is 26.1. The molecule has 1 aliphatic rings. The molecule has 1 unspecified atom stereocenters. The van der Waals surface area contributed by atoms with Gasteiger partial charge in [0.2, 0.25) is 0 Å². The molecule has 1 fully saturated rings. The van der Waals surface area contributed by atoms with E-state index in [0.717, 1.165) is 32.5 Å². The Kier molecular flexibility index (Phi) is 3.82. The molecule has 0 radical (unpaired) electrons. The fraction of sp³-hybridized carbons (Fsp3) is 0.571. The lowest BCUT2D eigenvalue weighted by molar-refractivity contribution is -0.0182. The highest BCUT2D eigenvalue weighted by molar-refractivity contribution is 5.26. The van der Waals surface area contributed by atoms with E-state index < -0.39 is 5.60 Å². The van der Waals surface area contributed by atoms with Gasteiger partial charge in [-0.05, 0) is 37.4 Å². The molecule has 3 heteroatoms. The first-order valence-corrected chi connectivity index (χ1v) is 6.32. The molecule has 3 nitrogen and oxygen atoms in total. The first kappa shape index (κ1) is 12.6. The number of benzene rings is 1. The first-order valence-electron chi connectivity index (χ1n) is 6.32. The lowest BCUT2D eigenvalue weighted by Crippen LogP contribution is -2.45. The van der Waals surface area contributed by atoms with E-state index in [2.05, 4.69) is 23.1 Å². The van der Waals surface area contributed by atoms with Crippen molar-refractivity contribution in [3.63, 3.8) is 0 Å². The zero-order valence-electron chi connectivity index (χ0n) is 10.5. The highest BCUT2D eigenvalue weighted by atomic mass is 16.3. The maximum atomic E-state index is 10.1. The Balaban J connectivity index is 2.05. The third kappa shape index (κ3) is 3.28. The van der Waals surface area contributed by atoms with Gasteiger partial charge in [0.15, 0.2) is 0 Å². The van der Waals surface area contributed by atoms with Crippen molar-refractivity contribution >= 4 is 0 Å². The largest absolute Gasteiger partial charge is 0.389 e. The van der Waals surface area contributed by atoms with E-state index in [4.69, 9.17) is 5.73 Å². The van der Waals surface area contributed by atoms with Gasteiger partial charge in [0.05, 0.1) is 5.60 Å². The Hall–Kier alpha value is -0.900. The molecule has 1 aromatic rings. The molecule has 1 heterocycles. The number of likely N-dealkylation sites (tertiary alicyclic amines) is 1. The molecule has 0 bridgehead atoms. The number of hydrogen-bond donors (Lipinski definition) is 2.